The van der Waals surface area contributed by atoms with Crippen LogP contribution in [0.2, 0.25) is 0 Å². The topological polar surface area (TPSA) is 80.0 Å². The number of aliphatic hydroxyl groups excluding tert-OH is 1. The van der Waals surface area contributed by atoms with Crippen LogP contribution in [0.1, 0.15) is 0 Å². The Kier molecular flexibility index (Phi) is 2.82. The van der Waals surface area contributed by atoms with E-state index < -0.39 is 0 Å². The standard InChI is InChI=1S/C10H12N4O2/c1-14-6-13-7-2-3-11-9(12-4-5-15)8(7)10(14)16/h2-3,6,15H,4-5H2,1H3,(H,11,12). The van der Waals surface area contributed by atoms with Gasteiger partial charge in [-0.05, 0) is 6.07 Å². The minimum Gasteiger partial charge on any atom is -0.395 e. The van der Waals surface area contributed by atoms with Gasteiger partial charge in [-0.25, -0.2) is 9.97 Å². The van der Waals surface area contributed by atoms with Crippen LogP contribution >= 0.6 is 0 Å². The Morgan fingerprint density at radius 1 is 1.50 bits per heavy atom. The van der Waals surface area contributed by atoms with Crippen molar-refractivity contribution >= 4 is 16.7 Å². The number of nitrogens with one attached hydrogen (secondary N) is 1. The number of hydrogen-bond acceptors (Lipinski definition) is 5. The lowest BCUT2D eigenvalue weighted by Gasteiger charge is -2.07. The van der Waals surface area contributed by atoms with Crippen LogP contribution in [0.15, 0.2) is 23.4 Å². The zero-order valence-corrected chi connectivity index (χ0v) is 8.84. The number of aryl methyl sites for hydroxylation is 1. The molecule has 0 bridgehead atoms. The molecule has 2 aromatic rings. The number of aliphatic hydroxyl groups is 1. The largest absolute Gasteiger partial charge is 0.395 e. The Bertz CT molecular complexity index is 564. The van der Waals surface area contributed by atoms with Gasteiger partial charge in [0.15, 0.2) is 0 Å². The van der Waals surface area contributed by atoms with Crippen molar-refractivity contribution in [2.24, 2.45) is 7.05 Å². The van der Waals surface area contributed by atoms with Crippen molar-refractivity contribution in [1.29, 1.82) is 0 Å². The summed E-state index contributed by atoms with van der Waals surface area (Å²) in [6.45, 7) is 0.336. The van der Waals surface area contributed by atoms with E-state index in [2.05, 4.69) is 15.3 Å². The van der Waals surface area contributed by atoms with E-state index in [0.717, 1.165) is 0 Å². The van der Waals surface area contributed by atoms with Crippen LogP contribution in [0.5, 0.6) is 0 Å². The summed E-state index contributed by atoms with van der Waals surface area (Å²) in [6, 6.07) is 1.68. The second-order valence-corrected chi connectivity index (χ2v) is 3.36. The van der Waals surface area contributed by atoms with Crippen LogP contribution < -0.4 is 10.9 Å². The van der Waals surface area contributed by atoms with E-state index in [4.69, 9.17) is 5.11 Å². The Hall–Kier alpha value is -1.95. The summed E-state index contributed by atoms with van der Waals surface area (Å²) >= 11 is 0. The number of nitrogens with zero attached hydrogens (tertiary/aromatic N) is 3. The summed E-state index contributed by atoms with van der Waals surface area (Å²) in [6.07, 6.45) is 3.05. The van der Waals surface area contributed by atoms with Gasteiger partial charge < -0.3 is 15.0 Å². The van der Waals surface area contributed by atoms with Gasteiger partial charge in [-0.1, -0.05) is 0 Å². The molecule has 2 N–H and O–H groups in total. The zero-order valence-electron chi connectivity index (χ0n) is 8.84. The highest BCUT2D eigenvalue weighted by Gasteiger charge is 2.07. The van der Waals surface area contributed by atoms with E-state index in [1.807, 2.05) is 0 Å². The molecule has 0 aliphatic heterocycles. The van der Waals surface area contributed by atoms with Crippen molar-refractivity contribution in [1.82, 2.24) is 14.5 Å². The van der Waals surface area contributed by atoms with Crippen molar-refractivity contribution < 1.29 is 5.11 Å². The summed E-state index contributed by atoms with van der Waals surface area (Å²) in [5.74, 6) is 0.459. The molecule has 0 aliphatic rings. The van der Waals surface area contributed by atoms with Gasteiger partial charge in [0.25, 0.3) is 5.56 Å². The first-order valence-electron chi connectivity index (χ1n) is 4.89. The molecule has 16 heavy (non-hydrogen) atoms. The van der Waals surface area contributed by atoms with Crippen LogP contribution in [0.25, 0.3) is 10.9 Å². The number of hydrogen-bond donors (Lipinski definition) is 2. The Morgan fingerprint density at radius 2 is 2.31 bits per heavy atom. The van der Waals surface area contributed by atoms with Crippen molar-refractivity contribution in [3.63, 3.8) is 0 Å². The van der Waals surface area contributed by atoms with Crippen LogP contribution in [0.3, 0.4) is 0 Å². The first kappa shape index (κ1) is 10.6. The summed E-state index contributed by atoms with van der Waals surface area (Å²) in [5.41, 5.74) is 0.442. The lowest BCUT2D eigenvalue weighted by atomic mass is 10.3. The van der Waals surface area contributed by atoms with E-state index in [1.165, 1.54) is 10.9 Å². The van der Waals surface area contributed by atoms with Crippen LogP contribution in [-0.2, 0) is 7.05 Å². The highest BCUT2D eigenvalue weighted by molar-refractivity contribution is 5.87. The van der Waals surface area contributed by atoms with E-state index in [1.54, 1.807) is 19.3 Å². The highest BCUT2D eigenvalue weighted by atomic mass is 16.3. The fourth-order valence-corrected chi connectivity index (χ4v) is 1.46. The fourth-order valence-electron chi connectivity index (χ4n) is 1.46. The van der Waals surface area contributed by atoms with Gasteiger partial charge in [0.1, 0.15) is 11.2 Å². The lowest BCUT2D eigenvalue weighted by Crippen LogP contribution is -2.19. The molecule has 0 saturated heterocycles. The predicted octanol–water partition coefficient (Wildman–Crippen LogP) is -0.267. The van der Waals surface area contributed by atoms with Crippen molar-refractivity contribution in [2.75, 3.05) is 18.5 Å². The lowest BCUT2D eigenvalue weighted by molar-refractivity contribution is 0.311. The van der Waals surface area contributed by atoms with Crippen LogP contribution in [0.4, 0.5) is 5.82 Å². The molecule has 6 nitrogen and oxygen atoms in total. The zero-order chi connectivity index (χ0) is 11.5. The number of pyridine rings is 1. The van der Waals surface area contributed by atoms with Gasteiger partial charge in [-0.3, -0.25) is 4.79 Å². The third kappa shape index (κ3) is 1.74. The highest BCUT2D eigenvalue weighted by Crippen LogP contribution is 2.13. The molecular weight excluding hydrogens is 208 g/mol. The second kappa shape index (κ2) is 4.28. The molecule has 0 aromatic carbocycles. The SMILES string of the molecule is Cn1cnc2ccnc(NCCO)c2c1=O. The molecular formula is C10H12N4O2. The molecule has 0 amide bonds. The molecule has 0 spiro atoms. The Balaban J connectivity index is 2.65. The maximum atomic E-state index is 11.9. The molecule has 0 aliphatic carbocycles. The van der Waals surface area contributed by atoms with Gasteiger partial charge in [0, 0.05) is 19.8 Å². The number of aromatic nitrogens is 3. The number of anilines is 1. The molecule has 0 radical (unpaired) electrons. The summed E-state index contributed by atoms with van der Waals surface area (Å²) in [7, 11) is 1.64. The van der Waals surface area contributed by atoms with Crippen molar-refractivity contribution in [3.05, 3.63) is 28.9 Å². The maximum Gasteiger partial charge on any atom is 0.264 e. The Labute approximate surface area is 91.6 Å². The summed E-state index contributed by atoms with van der Waals surface area (Å²) in [4.78, 5) is 20.1. The molecule has 0 atom stereocenters. The molecule has 2 rings (SSSR count). The molecule has 0 unspecified atom stereocenters. The van der Waals surface area contributed by atoms with E-state index >= 15 is 0 Å². The normalized spacial score (nSPS) is 10.6. The first-order chi connectivity index (χ1) is 7.74. The number of fused-ring (bicyclic) bond motifs is 1. The van der Waals surface area contributed by atoms with Gasteiger partial charge in [-0.2, -0.15) is 0 Å². The monoisotopic (exact) mass is 220 g/mol. The van der Waals surface area contributed by atoms with Gasteiger partial charge >= 0.3 is 0 Å². The average Bonchev–Trinajstić information content (AvgIpc) is 2.31. The van der Waals surface area contributed by atoms with E-state index in [9.17, 15) is 4.79 Å². The minimum atomic E-state index is -0.154. The third-order valence-electron chi connectivity index (χ3n) is 2.24. The molecule has 2 heterocycles. The molecule has 0 saturated carbocycles. The minimum absolute atomic E-state index is 0.0152. The molecule has 6 heteroatoms. The van der Waals surface area contributed by atoms with Gasteiger partial charge in [0.05, 0.1) is 18.5 Å². The van der Waals surface area contributed by atoms with Gasteiger partial charge in [-0.15, -0.1) is 0 Å². The van der Waals surface area contributed by atoms with Crippen LogP contribution in [0, 0.1) is 0 Å². The smallest absolute Gasteiger partial charge is 0.264 e. The number of rotatable bonds is 3. The average molecular weight is 220 g/mol. The maximum absolute atomic E-state index is 11.9. The molecule has 2 aromatic heterocycles. The van der Waals surface area contributed by atoms with E-state index in [0.29, 0.717) is 23.3 Å². The van der Waals surface area contributed by atoms with Gasteiger partial charge in [0.2, 0.25) is 0 Å². The molecule has 84 valence electrons. The fraction of sp³-hybridized carbons (Fsp3) is 0.300. The van der Waals surface area contributed by atoms with Crippen molar-refractivity contribution in [3.8, 4) is 0 Å². The quantitative estimate of drug-likeness (QED) is 0.744. The molecule has 0 fully saturated rings. The van der Waals surface area contributed by atoms with E-state index in [-0.39, 0.29) is 12.2 Å². The predicted molar refractivity (Wildman–Crippen MR) is 60.4 cm³/mol. The summed E-state index contributed by atoms with van der Waals surface area (Å²) in [5, 5.41) is 12.1. The second-order valence-electron chi connectivity index (χ2n) is 3.36. The van der Waals surface area contributed by atoms with Crippen LogP contribution in [-0.4, -0.2) is 32.8 Å². The van der Waals surface area contributed by atoms with Crippen molar-refractivity contribution in [2.45, 2.75) is 0 Å². The first-order valence-corrected chi connectivity index (χ1v) is 4.89. The third-order valence-corrected chi connectivity index (χ3v) is 2.24. The Morgan fingerprint density at radius 3 is 3.06 bits per heavy atom. The summed E-state index contributed by atoms with van der Waals surface area (Å²) < 4.78 is 1.40.